The van der Waals surface area contributed by atoms with Crippen molar-refractivity contribution in [2.75, 3.05) is 26.3 Å². The highest BCUT2D eigenvalue weighted by molar-refractivity contribution is 9.10. The van der Waals surface area contributed by atoms with Crippen LogP contribution in [0.3, 0.4) is 0 Å². The van der Waals surface area contributed by atoms with Gasteiger partial charge in [-0.05, 0) is 51.5 Å². The lowest BCUT2D eigenvalue weighted by Gasteiger charge is -2.45. The van der Waals surface area contributed by atoms with Gasteiger partial charge in [0.1, 0.15) is 5.60 Å². The Balaban J connectivity index is 1.39. The Hall–Kier alpha value is -1.57. The Bertz CT molecular complexity index is 899. The predicted molar refractivity (Wildman–Crippen MR) is 115 cm³/mol. The second kappa shape index (κ2) is 7.60. The molecular weight excluding hydrogens is 436 g/mol. The van der Waals surface area contributed by atoms with E-state index in [1.807, 2.05) is 20.8 Å². The van der Waals surface area contributed by atoms with E-state index < -0.39 is 11.4 Å². The van der Waals surface area contributed by atoms with Gasteiger partial charge in [-0.15, -0.1) is 0 Å². The molecule has 0 radical (unpaired) electrons. The van der Waals surface area contributed by atoms with Gasteiger partial charge in [0.2, 0.25) is 0 Å². The maximum atomic E-state index is 12.3. The third-order valence-electron chi connectivity index (χ3n) is 5.64. The molecule has 7 heteroatoms. The molecule has 0 N–H and O–H groups in total. The van der Waals surface area contributed by atoms with Crippen LogP contribution in [0.25, 0.3) is 10.9 Å². The average molecular weight is 465 g/mol. The van der Waals surface area contributed by atoms with Crippen LogP contribution in [0.1, 0.15) is 45.2 Å². The lowest BCUT2D eigenvalue weighted by atomic mass is 10.0. The predicted octanol–water partition coefficient (Wildman–Crippen LogP) is 5.03. The zero-order chi connectivity index (χ0) is 20.8. The molecule has 2 aromatic rings. The van der Waals surface area contributed by atoms with Gasteiger partial charge >= 0.3 is 6.09 Å². The first kappa shape index (κ1) is 20.7. The quantitative estimate of drug-likeness (QED) is 0.593. The Morgan fingerprint density at radius 2 is 1.86 bits per heavy atom. The van der Waals surface area contributed by atoms with Gasteiger partial charge in [0.25, 0.3) is 0 Å². The summed E-state index contributed by atoms with van der Waals surface area (Å²) in [7, 11) is 0. The molecule has 1 spiro atoms. The van der Waals surface area contributed by atoms with Crippen molar-refractivity contribution in [1.82, 2.24) is 9.47 Å². The zero-order valence-electron chi connectivity index (χ0n) is 17.5. The summed E-state index contributed by atoms with van der Waals surface area (Å²) in [5.41, 5.74) is 1.95. The topological polar surface area (TPSA) is 52.9 Å². The summed E-state index contributed by atoms with van der Waals surface area (Å²) in [6, 6.07) is 6.49. The first-order chi connectivity index (χ1) is 13.7. The highest BCUT2D eigenvalue weighted by Crippen LogP contribution is 2.36. The molecular formula is C22H29BrN2O4. The van der Waals surface area contributed by atoms with Gasteiger partial charge in [-0.25, -0.2) is 4.79 Å². The van der Waals surface area contributed by atoms with Gasteiger partial charge in [0, 0.05) is 47.5 Å². The number of nitrogens with zero attached hydrogens (tertiary/aromatic N) is 2. The molecule has 2 aliphatic rings. The summed E-state index contributed by atoms with van der Waals surface area (Å²) in [5.74, 6) is -0.587. The molecule has 3 heterocycles. The van der Waals surface area contributed by atoms with Crippen LogP contribution in [-0.2, 0) is 14.2 Å². The van der Waals surface area contributed by atoms with Gasteiger partial charge in [0.05, 0.1) is 19.3 Å². The van der Waals surface area contributed by atoms with Gasteiger partial charge in [-0.2, -0.15) is 0 Å². The highest BCUT2D eigenvalue weighted by atomic mass is 79.9. The van der Waals surface area contributed by atoms with E-state index in [9.17, 15) is 4.79 Å². The van der Waals surface area contributed by atoms with E-state index in [1.54, 1.807) is 4.90 Å². The fourth-order valence-electron chi connectivity index (χ4n) is 4.09. The SMILES string of the molecule is Cc1cn(C2COC3(CCN(C(=O)OC(C)(C)C)CC3)OC2)c2ccc(Br)cc12. The maximum Gasteiger partial charge on any atom is 0.410 e. The number of aromatic nitrogens is 1. The lowest BCUT2D eigenvalue weighted by Crippen LogP contribution is -2.53. The minimum absolute atomic E-state index is 0.141. The number of aryl methyl sites for hydroxylation is 1. The standard InChI is InChI=1S/C22H29BrN2O4/c1-15-12-25(19-6-5-16(23)11-18(15)19)17-13-27-22(28-14-17)7-9-24(10-8-22)20(26)29-21(2,3)4/h5-6,11-12,17H,7-10,13-14H2,1-4H3. The number of rotatable bonds is 1. The van der Waals surface area contributed by atoms with Crippen molar-refractivity contribution in [3.63, 3.8) is 0 Å². The Labute approximate surface area is 180 Å². The lowest BCUT2D eigenvalue weighted by molar-refractivity contribution is -0.294. The van der Waals surface area contributed by atoms with E-state index in [2.05, 4.69) is 51.8 Å². The van der Waals surface area contributed by atoms with Crippen LogP contribution in [-0.4, -0.2) is 53.3 Å². The molecule has 29 heavy (non-hydrogen) atoms. The number of benzene rings is 1. The number of piperidine rings is 1. The molecule has 4 rings (SSSR count). The summed E-state index contributed by atoms with van der Waals surface area (Å²) in [4.78, 5) is 14.0. The molecule has 0 aliphatic carbocycles. The molecule has 2 saturated heterocycles. The average Bonchev–Trinajstić information content (AvgIpc) is 2.98. The number of hydrogen-bond acceptors (Lipinski definition) is 4. The van der Waals surface area contributed by atoms with Gasteiger partial charge < -0.3 is 23.7 Å². The second-order valence-corrected chi connectivity index (χ2v) is 9.95. The molecule has 2 fully saturated rings. The second-order valence-electron chi connectivity index (χ2n) is 9.03. The van der Waals surface area contributed by atoms with Crippen LogP contribution in [0.2, 0.25) is 0 Å². The summed E-state index contributed by atoms with van der Waals surface area (Å²) in [6.07, 6.45) is 3.24. The smallest absolute Gasteiger partial charge is 0.410 e. The summed E-state index contributed by atoms with van der Waals surface area (Å²) >= 11 is 3.56. The van der Waals surface area contributed by atoms with Crippen molar-refractivity contribution < 1.29 is 19.0 Å². The maximum absolute atomic E-state index is 12.3. The summed E-state index contributed by atoms with van der Waals surface area (Å²) in [6.45, 7) is 10.2. The number of carbonyl (C=O) groups excluding carboxylic acids is 1. The number of carbonyl (C=O) groups is 1. The molecule has 1 amide bonds. The largest absolute Gasteiger partial charge is 0.444 e. The Morgan fingerprint density at radius 3 is 2.48 bits per heavy atom. The monoisotopic (exact) mass is 464 g/mol. The van der Waals surface area contributed by atoms with Crippen LogP contribution in [0.15, 0.2) is 28.9 Å². The van der Waals surface area contributed by atoms with E-state index in [1.165, 1.54) is 16.5 Å². The van der Waals surface area contributed by atoms with Crippen LogP contribution in [0, 0.1) is 6.92 Å². The minimum Gasteiger partial charge on any atom is -0.444 e. The van der Waals surface area contributed by atoms with Crippen LogP contribution >= 0.6 is 15.9 Å². The van der Waals surface area contributed by atoms with Crippen molar-refractivity contribution in [1.29, 1.82) is 0 Å². The van der Waals surface area contributed by atoms with Crippen molar-refractivity contribution in [2.45, 2.75) is 58.0 Å². The number of amides is 1. The molecule has 6 nitrogen and oxygen atoms in total. The van der Waals surface area contributed by atoms with Gasteiger partial charge in [-0.1, -0.05) is 15.9 Å². The first-order valence-corrected chi connectivity index (χ1v) is 11.0. The van der Waals surface area contributed by atoms with Crippen molar-refractivity contribution in [2.24, 2.45) is 0 Å². The van der Waals surface area contributed by atoms with Gasteiger partial charge in [0.15, 0.2) is 5.79 Å². The molecule has 0 bridgehead atoms. The summed E-state index contributed by atoms with van der Waals surface area (Å²) in [5, 5.41) is 1.24. The molecule has 0 unspecified atom stereocenters. The van der Waals surface area contributed by atoms with Crippen LogP contribution < -0.4 is 0 Å². The van der Waals surface area contributed by atoms with Crippen LogP contribution in [0.4, 0.5) is 4.79 Å². The van der Waals surface area contributed by atoms with E-state index in [-0.39, 0.29) is 12.1 Å². The number of ether oxygens (including phenoxy) is 3. The highest BCUT2D eigenvalue weighted by Gasteiger charge is 2.42. The first-order valence-electron chi connectivity index (χ1n) is 10.2. The third-order valence-corrected chi connectivity index (χ3v) is 6.14. The number of hydrogen-bond donors (Lipinski definition) is 0. The fraction of sp³-hybridized carbons (Fsp3) is 0.591. The fourth-order valence-corrected chi connectivity index (χ4v) is 4.45. The van der Waals surface area contributed by atoms with Gasteiger partial charge in [-0.3, -0.25) is 0 Å². The van der Waals surface area contributed by atoms with Crippen molar-refractivity contribution >= 4 is 32.9 Å². The van der Waals surface area contributed by atoms with E-state index in [4.69, 9.17) is 14.2 Å². The van der Waals surface area contributed by atoms with E-state index in [0.717, 1.165) is 4.47 Å². The minimum atomic E-state index is -0.587. The zero-order valence-corrected chi connectivity index (χ0v) is 19.1. The molecule has 0 atom stereocenters. The molecule has 1 aromatic heterocycles. The Morgan fingerprint density at radius 1 is 1.21 bits per heavy atom. The normalized spacial score (nSPS) is 20.4. The van der Waals surface area contributed by atoms with Crippen LogP contribution in [0.5, 0.6) is 0 Å². The molecule has 1 aromatic carbocycles. The van der Waals surface area contributed by atoms with E-state index in [0.29, 0.717) is 39.1 Å². The number of likely N-dealkylation sites (tertiary alicyclic amines) is 1. The summed E-state index contributed by atoms with van der Waals surface area (Å²) < 4.78 is 21.3. The van der Waals surface area contributed by atoms with Crippen molar-refractivity contribution in [3.05, 3.63) is 34.4 Å². The van der Waals surface area contributed by atoms with Crippen molar-refractivity contribution in [3.8, 4) is 0 Å². The molecule has 2 aliphatic heterocycles. The molecule has 0 saturated carbocycles. The molecule has 158 valence electrons. The Kier molecular flexibility index (Phi) is 5.42. The number of halogens is 1. The van der Waals surface area contributed by atoms with E-state index >= 15 is 0 Å². The third kappa shape index (κ3) is 4.32. The number of fused-ring (bicyclic) bond motifs is 1.